The average molecular weight is 744 g/mol. The van der Waals surface area contributed by atoms with Crippen LogP contribution in [0.15, 0.2) is 53.2 Å². The lowest BCUT2D eigenvalue weighted by atomic mass is 9.46. The number of hydrogen-bond donors (Lipinski definition) is 1. The summed E-state index contributed by atoms with van der Waals surface area (Å²) >= 11 is 7.32. The predicted molar refractivity (Wildman–Crippen MR) is 199 cm³/mol. The number of aliphatic hydroxyl groups excluding tert-OH is 1. The van der Waals surface area contributed by atoms with Crippen LogP contribution in [0.3, 0.4) is 0 Å². The SMILES string of the molecule is CCC(=O)OCC(=O)[C@@]1(OC(=O)CC)[C@H](C)C[C@H]2[C@H]3[C@H]([C@@H](O)C[C@@]21C)[C@@]1(C)C=C/C(=N\OCCc2cccc(CCP(C)(C)=O)c2)C=C1C[C@H]3Cl. The first kappa shape index (κ1) is 39.5. The molecule has 3 fully saturated rings. The van der Waals surface area contributed by atoms with E-state index in [4.69, 9.17) is 25.9 Å². The zero-order chi connectivity index (χ0) is 37.4. The van der Waals surface area contributed by atoms with Crippen LogP contribution in [-0.2, 0) is 46.1 Å². The van der Waals surface area contributed by atoms with Crippen molar-refractivity contribution in [1.82, 2.24) is 0 Å². The van der Waals surface area contributed by atoms with Crippen molar-refractivity contribution in [1.29, 1.82) is 0 Å². The summed E-state index contributed by atoms with van der Waals surface area (Å²) in [4.78, 5) is 44.9. The molecule has 3 saturated carbocycles. The lowest BCUT2D eigenvalue weighted by Crippen LogP contribution is -2.65. The van der Waals surface area contributed by atoms with E-state index in [1.54, 1.807) is 13.8 Å². The number of aliphatic hydroxyl groups is 1. The molecule has 1 aromatic carbocycles. The molecular weight excluding hydrogens is 689 g/mol. The number of alkyl halides is 1. The first-order chi connectivity index (χ1) is 24.0. The summed E-state index contributed by atoms with van der Waals surface area (Å²) in [5.74, 6) is -2.36. The first-order valence-electron chi connectivity index (χ1n) is 18.4. The summed E-state index contributed by atoms with van der Waals surface area (Å²) in [6.07, 6.45) is 8.99. The van der Waals surface area contributed by atoms with E-state index in [0.717, 1.165) is 17.6 Å². The molecule has 0 aromatic heterocycles. The zero-order valence-corrected chi connectivity index (χ0v) is 32.8. The van der Waals surface area contributed by atoms with Crippen molar-refractivity contribution >= 4 is 42.2 Å². The van der Waals surface area contributed by atoms with Gasteiger partial charge in [0.2, 0.25) is 5.78 Å². The summed E-state index contributed by atoms with van der Waals surface area (Å²) in [6, 6.07) is 8.29. The van der Waals surface area contributed by atoms with E-state index in [1.165, 1.54) is 5.56 Å². The molecule has 1 aromatic rings. The molecule has 0 spiro atoms. The molecule has 0 bridgehead atoms. The summed E-state index contributed by atoms with van der Waals surface area (Å²) in [6.45, 7) is 12.9. The van der Waals surface area contributed by atoms with Crippen LogP contribution < -0.4 is 0 Å². The number of aryl methyl sites for hydroxylation is 1. The Labute approximate surface area is 307 Å². The molecule has 0 unspecified atom stereocenters. The van der Waals surface area contributed by atoms with Gasteiger partial charge in [-0.3, -0.25) is 14.4 Å². The van der Waals surface area contributed by atoms with Crippen LogP contribution in [0.1, 0.15) is 77.8 Å². The Morgan fingerprint density at radius 3 is 2.43 bits per heavy atom. The number of oxime groups is 1. The van der Waals surface area contributed by atoms with E-state index in [0.29, 0.717) is 37.7 Å². The van der Waals surface area contributed by atoms with Crippen molar-refractivity contribution in [3.63, 3.8) is 0 Å². The first-order valence-corrected chi connectivity index (χ1v) is 21.7. The number of nitrogens with zero attached hydrogens (tertiary/aromatic N) is 1. The third-order valence-corrected chi connectivity index (χ3v) is 14.0. The van der Waals surface area contributed by atoms with E-state index in [9.17, 15) is 24.1 Å². The minimum Gasteiger partial charge on any atom is -0.457 e. The molecule has 0 saturated heterocycles. The average Bonchev–Trinajstić information content (AvgIpc) is 3.30. The quantitative estimate of drug-likeness (QED) is 0.0742. The summed E-state index contributed by atoms with van der Waals surface area (Å²) in [5, 5.41) is 16.2. The van der Waals surface area contributed by atoms with E-state index in [1.807, 2.05) is 45.4 Å². The number of benzene rings is 1. The molecule has 51 heavy (non-hydrogen) atoms. The molecule has 0 radical (unpaired) electrons. The Morgan fingerprint density at radius 1 is 1.08 bits per heavy atom. The van der Waals surface area contributed by atoms with Crippen molar-refractivity contribution in [2.45, 2.75) is 96.6 Å². The predicted octanol–water partition coefficient (Wildman–Crippen LogP) is 7.15. The summed E-state index contributed by atoms with van der Waals surface area (Å²) < 4.78 is 23.6. The molecule has 0 heterocycles. The number of rotatable bonds is 13. The van der Waals surface area contributed by atoms with Crippen molar-refractivity contribution in [3.05, 3.63) is 59.2 Å². The van der Waals surface area contributed by atoms with E-state index in [2.05, 4.69) is 36.4 Å². The molecule has 4 aliphatic rings. The minimum atomic E-state index is -2.07. The number of allylic oxidation sites excluding steroid dienone is 4. The van der Waals surface area contributed by atoms with Crippen LogP contribution in [0.4, 0.5) is 0 Å². The maximum absolute atomic E-state index is 14.1. The lowest BCUT2D eigenvalue weighted by molar-refractivity contribution is -0.205. The Bertz CT molecular complexity index is 1650. The molecule has 5 rings (SSSR count). The highest BCUT2D eigenvalue weighted by molar-refractivity contribution is 7.62. The molecule has 4 aliphatic carbocycles. The third-order valence-electron chi connectivity index (χ3n) is 12.2. The molecule has 9 nitrogen and oxygen atoms in total. The number of carbonyl (C=O) groups excluding carboxylic acids is 3. The van der Waals surface area contributed by atoms with Crippen LogP contribution in [0, 0.1) is 34.5 Å². The van der Waals surface area contributed by atoms with Crippen molar-refractivity contribution < 1.29 is 38.4 Å². The Balaban J connectivity index is 1.34. The van der Waals surface area contributed by atoms with Gasteiger partial charge in [0.05, 0.1) is 13.2 Å². The van der Waals surface area contributed by atoms with Gasteiger partial charge in [-0.05, 0) is 74.1 Å². The van der Waals surface area contributed by atoms with Gasteiger partial charge >= 0.3 is 11.9 Å². The fourth-order valence-corrected chi connectivity index (χ4v) is 11.0. The normalized spacial score (nSPS) is 34.9. The van der Waals surface area contributed by atoms with Crippen molar-refractivity contribution in [3.8, 4) is 0 Å². The Kier molecular flexibility index (Phi) is 11.9. The Morgan fingerprint density at radius 2 is 1.76 bits per heavy atom. The van der Waals surface area contributed by atoms with Gasteiger partial charge in [-0.1, -0.05) is 75.7 Å². The van der Waals surface area contributed by atoms with E-state index >= 15 is 0 Å². The molecule has 0 amide bonds. The number of hydrogen-bond acceptors (Lipinski definition) is 9. The van der Waals surface area contributed by atoms with Gasteiger partial charge in [0, 0.05) is 53.5 Å². The number of esters is 2. The number of carbonyl (C=O) groups is 3. The zero-order valence-electron chi connectivity index (χ0n) is 31.2. The second-order valence-electron chi connectivity index (χ2n) is 16.0. The standard InChI is InChI=1S/C40H55ClNO8P/c1-8-34(45)48-24-33(44)40(50-35(46)9-2)25(3)19-30-36-31(41)22-28-21-29(13-16-38(28,4)37(36)32(43)23-39(30,40)5)42-49-17-14-26-11-10-12-27(20-26)15-18-51(6,7)47/h10-13,16,20-21,25,30-32,36-37,43H,8-9,14-15,17-19,22-24H2,1-7H3/b42-29+/t25-,30+,31-,32+,36-,37+,38+,39+,40+/m1/s1. The van der Waals surface area contributed by atoms with Crippen LogP contribution in [0.25, 0.3) is 0 Å². The maximum Gasteiger partial charge on any atom is 0.306 e. The molecular formula is C40H55ClNO8P. The van der Waals surface area contributed by atoms with Gasteiger partial charge in [-0.15, -0.1) is 11.6 Å². The second-order valence-corrected chi connectivity index (χ2v) is 20.2. The van der Waals surface area contributed by atoms with Gasteiger partial charge in [-0.2, -0.15) is 0 Å². The number of ketones is 1. The fraction of sp³-hybridized carbons (Fsp3) is 0.650. The van der Waals surface area contributed by atoms with E-state index < -0.39 is 54.0 Å². The largest absolute Gasteiger partial charge is 0.457 e. The highest BCUT2D eigenvalue weighted by Gasteiger charge is 2.73. The molecule has 0 aliphatic heterocycles. The van der Waals surface area contributed by atoms with Gasteiger partial charge in [0.1, 0.15) is 12.3 Å². The second kappa shape index (κ2) is 15.3. The molecule has 1 N–H and O–H groups in total. The number of fused-ring (bicyclic) bond motifs is 5. The highest BCUT2D eigenvalue weighted by Crippen LogP contribution is 2.69. The van der Waals surface area contributed by atoms with Crippen molar-refractivity contribution in [2.24, 2.45) is 39.7 Å². The smallest absolute Gasteiger partial charge is 0.306 e. The minimum absolute atomic E-state index is 0.0881. The molecule has 11 heteroatoms. The van der Waals surface area contributed by atoms with Crippen molar-refractivity contribution in [2.75, 3.05) is 32.7 Å². The monoisotopic (exact) mass is 743 g/mol. The Hall–Kier alpha value is -2.74. The molecule has 9 atom stereocenters. The topological polar surface area (TPSA) is 129 Å². The molecule has 280 valence electrons. The van der Waals surface area contributed by atoms with E-state index in [-0.39, 0.29) is 48.3 Å². The fourth-order valence-electron chi connectivity index (χ4n) is 9.73. The van der Waals surface area contributed by atoms with Crippen LogP contribution in [-0.4, -0.2) is 78.3 Å². The summed E-state index contributed by atoms with van der Waals surface area (Å²) in [7, 11) is -2.07. The number of halogens is 1. The van der Waals surface area contributed by atoms with Crippen LogP contribution in [0.2, 0.25) is 0 Å². The number of ether oxygens (including phenoxy) is 2. The van der Waals surface area contributed by atoms with Gasteiger partial charge in [-0.25, -0.2) is 0 Å². The van der Waals surface area contributed by atoms with Gasteiger partial charge in [0.25, 0.3) is 0 Å². The maximum atomic E-state index is 14.1. The van der Waals surface area contributed by atoms with Gasteiger partial charge < -0.3 is 24.0 Å². The lowest BCUT2D eigenvalue weighted by Gasteiger charge is -2.61. The highest BCUT2D eigenvalue weighted by atomic mass is 35.5. The number of Topliss-reactive ketones (excluding diaryl/α,β-unsaturated/α-hetero) is 1. The van der Waals surface area contributed by atoms with Crippen LogP contribution >= 0.6 is 18.7 Å². The van der Waals surface area contributed by atoms with Crippen LogP contribution in [0.5, 0.6) is 0 Å². The van der Waals surface area contributed by atoms with Gasteiger partial charge in [0.15, 0.2) is 12.2 Å². The summed E-state index contributed by atoms with van der Waals surface area (Å²) in [5.41, 5.74) is 1.07. The third kappa shape index (κ3) is 7.68.